The number of nitrogens with zero attached hydrogens (tertiary/aromatic N) is 1. The van der Waals surface area contributed by atoms with Gasteiger partial charge in [-0.1, -0.05) is 6.92 Å². The van der Waals surface area contributed by atoms with E-state index < -0.39 is 11.5 Å². The molecule has 0 radical (unpaired) electrons. The summed E-state index contributed by atoms with van der Waals surface area (Å²) in [7, 11) is 0. The third kappa shape index (κ3) is 4.10. The van der Waals surface area contributed by atoms with Gasteiger partial charge in [0.25, 0.3) is 0 Å². The van der Waals surface area contributed by atoms with Crippen molar-refractivity contribution >= 4 is 5.97 Å². The Morgan fingerprint density at radius 2 is 2.00 bits per heavy atom. The van der Waals surface area contributed by atoms with Crippen molar-refractivity contribution in [1.29, 1.82) is 0 Å². The van der Waals surface area contributed by atoms with Crippen LogP contribution in [0.3, 0.4) is 0 Å². The van der Waals surface area contributed by atoms with E-state index in [9.17, 15) is 4.79 Å². The standard InChI is InChI=1S/C12H24N2O2/c1-10(9-14-6-4-5-7-14)8-13-12(2,3)11(15)16/h10,13H,4-9H2,1-3H3,(H,15,16). The maximum atomic E-state index is 10.9. The van der Waals surface area contributed by atoms with Gasteiger partial charge < -0.3 is 15.3 Å². The maximum Gasteiger partial charge on any atom is 0.323 e. The zero-order valence-electron chi connectivity index (χ0n) is 10.6. The van der Waals surface area contributed by atoms with Gasteiger partial charge in [0.2, 0.25) is 0 Å². The highest BCUT2D eigenvalue weighted by Crippen LogP contribution is 2.10. The molecule has 94 valence electrons. The molecule has 1 rings (SSSR count). The van der Waals surface area contributed by atoms with Crippen molar-refractivity contribution in [2.75, 3.05) is 26.2 Å². The van der Waals surface area contributed by atoms with Crippen LogP contribution in [0.1, 0.15) is 33.6 Å². The van der Waals surface area contributed by atoms with Crippen molar-refractivity contribution in [2.24, 2.45) is 5.92 Å². The van der Waals surface area contributed by atoms with Crippen molar-refractivity contribution in [2.45, 2.75) is 39.2 Å². The van der Waals surface area contributed by atoms with Crippen LogP contribution in [-0.2, 0) is 4.79 Å². The Bertz CT molecular complexity index is 235. The molecular weight excluding hydrogens is 204 g/mol. The molecule has 2 N–H and O–H groups in total. The van der Waals surface area contributed by atoms with Crippen LogP contribution in [0.25, 0.3) is 0 Å². The summed E-state index contributed by atoms with van der Waals surface area (Å²) in [4.78, 5) is 13.4. The molecule has 1 atom stereocenters. The predicted octanol–water partition coefficient (Wildman–Crippen LogP) is 1.17. The number of carboxylic acids is 1. The van der Waals surface area contributed by atoms with Gasteiger partial charge in [0.05, 0.1) is 0 Å². The van der Waals surface area contributed by atoms with E-state index in [4.69, 9.17) is 5.11 Å². The summed E-state index contributed by atoms with van der Waals surface area (Å²) in [5.41, 5.74) is -0.820. The summed E-state index contributed by atoms with van der Waals surface area (Å²) in [5, 5.41) is 12.1. The molecule has 0 bridgehead atoms. The van der Waals surface area contributed by atoms with Crippen LogP contribution < -0.4 is 5.32 Å². The largest absolute Gasteiger partial charge is 0.480 e. The number of nitrogens with one attached hydrogen (secondary N) is 1. The molecule has 0 aliphatic carbocycles. The van der Waals surface area contributed by atoms with E-state index in [0.29, 0.717) is 5.92 Å². The quantitative estimate of drug-likeness (QED) is 0.716. The normalized spacial score (nSPS) is 19.9. The molecule has 0 amide bonds. The summed E-state index contributed by atoms with van der Waals surface area (Å²) in [6.45, 7) is 9.82. The lowest BCUT2D eigenvalue weighted by atomic mass is 10.0. The van der Waals surface area contributed by atoms with Gasteiger partial charge in [-0.2, -0.15) is 0 Å². The summed E-state index contributed by atoms with van der Waals surface area (Å²) in [6, 6.07) is 0. The molecule has 1 heterocycles. The number of aliphatic carboxylic acids is 1. The molecule has 0 saturated carbocycles. The van der Waals surface area contributed by atoms with E-state index in [1.165, 1.54) is 25.9 Å². The van der Waals surface area contributed by atoms with Crippen LogP contribution in [0.2, 0.25) is 0 Å². The molecule has 0 aromatic heterocycles. The second-order valence-electron chi connectivity index (χ2n) is 5.42. The highest BCUT2D eigenvalue weighted by Gasteiger charge is 2.26. The van der Waals surface area contributed by atoms with Gasteiger partial charge in [-0.15, -0.1) is 0 Å². The Morgan fingerprint density at radius 1 is 1.44 bits per heavy atom. The minimum absolute atomic E-state index is 0.497. The smallest absolute Gasteiger partial charge is 0.323 e. The Balaban J connectivity index is 2.23. The van der Waals surface area contributed by atoms with E-state index in [1.54, 1.807) is 13.8 Å². The molecule has 1 fully saturated rings. The molecule has 1 aliphatic rings. The first-order chi connectivity index (χ1) is 7.42. The SMILES string of the molecule is CC(CNC(C)(C)C(=O)O)CN1CCCC1. The fourth-order valence-electron chi connectivity index (χ4n) is 1.98. The summed E-state index contributed by atoms with van der Waals surface area (Å²) >= 11 is 0. The average Bonchev–Trinajstić information content (AvgIpc) is 2.67. The van der Waals surface area contributed by atoms with Crippen LogP contribution >= 0.6 is 0 Å². The van der Waals surface area contributed by atoms with Gasteiger partial charge >= 0.3 is 5.97 Å². The molecule has 1 unspecified atom stereocenters. The summed E-state index contributed by atoms with van der Waals surface area (Å²) < 4.78 is 0. The third-order valence-electron chi connectivity index (χ3n) is 3.20. The molecule has 0 aromatic carbocycles. The molecule has 4 heteroatoms. The van der Waals surface area contributed by atoms with E-state index in [-0.39, 0.29) is 0 Å². The number of hydrogen-bond acceptors (Lipinski definition) is 3. The van der Waals surface area contributed by atoms with E-state index in [1.807, 2.05) is 0 Å². The summed E-state index contributed by atoms with van der Waals surface area (Å²) in [6.07, 6.45) is 2.61. The van der Waals surface area contributed by atoms with Crippen molar-refractivity contribution < 1.29 is 9.90 Å². The predicted molar refractivity (Wildman–Crippen MR) is 64.6 cm³/mol. The minimum Gasteiger partial charge on any atom is -0.480 e. The van der Waals surface area contributed by atoms with Gasteiger partial charge in [-0.25, -0.2) is 0 Å². The van der Waals surface area contributed by atoms with Gasteiger partial charge in [-0.3, -0.25) is 4.79 Å². The Morgan fingerprint density at radius 3 is 2.50 bits per heavy atom. The average molecular weight is 228 g/mol. The lowest BCUT2D eigenvalue weighted by molar-refractivity contribution is -0.143. The van der Waals surface area contributed by atoms with Crippen LogP contribution in [-0.4, -0.2) is 47.7 Å². The first-order valence-electron chi connectivity index (χ1n) is 6.12. The molecule has 0 aromatic rings. The minimum atomic E-state index is -0.820. The zero-order valence-corrected chi connectivity index (χ0v) is 10.6. The van der Waals surface area contributed by atoms with Crippen molar-refractivity contribution in [1.82, 2.24) is 10.2 Å². The number of carbonyl (C=O) groups is 1. The lowest BCUT2D eigenvalue weighted by Crippen LogP contribution is -2.49. The second kappa shape index (κ2) is 5.64. The first-order valence-corrected chi connectivity index (χ1v) is 6.12. The van der Waals surface area contributed by atoms with Gasteiger partial charge in [-0.05, 0) is 52.2 Å². The number of likely N-dealkylation sites (tertiary alicyclic amines) is 1. The third-order valence-corrected chi connectivity index (χ3v) is 3.20. The molecule has 1 saturated heterocycles. The van der Waals surface area contributed by atoms with Gasteiger partial charge in [0.1, 0.15) is 5.54 Å². The fraction of sp³-hybridized carbons (Fsp3) is 0.917. The van der Waals surface area contributed by atoms with Gasteiger partial charge in [0.15, 0.2) is 0 Å². The monoisotopic (exact) mass is 228 g/mol. The van der Waals surface area contributed by atoms with Crippen molar-refractivity contribution in [3.05, 3.63) is 0 Å². The maximum absolute atomic E-state index is 10.9. The first kappa shape index (κ1) is 13.5. The Kier molecular flexibility index (Phi) is 4.74. The highest BCUT2D eigenvalue weighted by atomic mass is 16.4. The van der Waals surface area contributed by atoms with Crippen LogP contribution in [0.4, 0.5) is 0 Å². The second-order valence-corrected chi connectivity index (χ2v) is 5.42. The number of rotatable bonds is 6. The topological polar surface area (TPSA) is 52.6 Å². The number of carboxylic acid groups (broad SMARTS) is 1. The van der Waals surface area contributed by atoms with Crippen molar-refractivity contribution in [3.8, 4) is 0 Å². The molecule has 16 heavy (non-hydrogen) atoms. The van der Waals surface area contributed by atoms with E-state index in [2.05, 4.69) is 17.1 Å². The van der Waals surface area contributed by atoms with Crippen LogP contribution in [0.5, 0.6) is 0 Å². The van der Waals surface area contributed by atoms with Crippen LogP contribution in [0.15, 0.2) is 0 Å². The van der Waals surface area contributed by atoms with Crippen molar-refractivity contribution in [3.63, 3.8) is 0 Å². The van der Waals surface area contributed by atoms with Crippen LogP contribution in [0, 0.1) is 5.92 Å². The number of hydrogen-bond donors (Lipinski definition) is 2. The Hall–Kier alpha value is -0.610. The fourth-order valence-corrected chi connectivity index (χ4v) is 1.98. The van der Waals surface area contributed by atoms with Gasteiger partial charge in [0, 0.05) is 6.54 Å². The molecule has 0 spiro atoms. The molecular formula is C12H24N2O2. The van der Waals surface area contributed by atoms with E-state index in [0.717, 1.165) is 13.1 Å². The lowest BCUT2D eigenvalue weighted by Gasteiger charge is -2.26. The Labute approximate surface area is 98.0 Å². The van der Waals surface area contributed by atoms with E-state index >= 15 is 0 Å². The molecule has 1 aliphatic heterocycles. The zero-order chi connectivity index (χ0) is 12.2. The molecule has 4 nitrogen and oxygen atoms in total. The highest BCUT2D eigenvalue weighted by molar-refractivity contribution is 5.77. The summed E-state index contributed by atoms with van der Waals surface area (Å²) in [5.74, 6) is -0.294.